The first-order valence-corrected chi connectivity index (χ1v) is 16.5. The highest BCUT2D eigenvalue weighted by Crippen LogP contribution is 2.53. The Morgan fingerprint density at radius 2 is 1.51 bits per heavy atom. The minimum Gasteiger partial charge on any atom is -0.355 e. The molecule has 9 rings (SSSR count). The number of aromatic nitrogens is 3. The van der Waals surface area contributed by atoms with E-state index in [0.717, 1.165) is 12.4 Å². The van der Waals surface area contributed by atoms with Crippen LogP contribution in [0.3, 0.4) is 0 Å². The Morgan fingerprint density at radius 1 is 0.745 bits per heavy atom. The molecule has 0 amide bonds. The highest BCUT2D eigenvalue weighted by molar-refractivity contribution is 6.12. The molecule has 2 aromatic heterocycles. The molecule has 0 radical (unpaired) electrons. The summed E-state index contributed by atoms with van der Waals surface area (Å²) in [4.78, 5) is 4.78. The predicted molar refractivity (Wildman–Crippen MR) is 193 cm³/mol. The van der Waals surface area contributed by atoms with Crippen molar-refractivity contribution >= 4 is 38.9 Å². The van der Waals surface area contributed by atoms with E-state index in [-0.39, 0.29) is 5.41 Å². The number of para-hydroxylation sites is 4. The maximum atomic E-state index is 3.46. The molecule has 2 aliphatic rings. The standard InChI is InChI=1S/C42H39N5/c1-41(2,3)28-22-29(24-31(23-28)45-21-20-43(5)26-45)42(4)34-14-11-13-33-32-12-7-8-15-36(32)47(40(33)34)37-19-18-30(25-35(37)42)46-27-44(6)38-16-9-10-17-39(38)46/h7-25H,27H2,1-6H3. The Morgan fingerprint density at radius 3 is 2.30 bits per heavy atom. The highest BCUT2D eigenvalue weighted by atomic mass is 15.4. The van der Waals surface area contributed by atoms with Crippen molar-refractivity contribution in [1.82, 2.24) is 9.13 Å². The summed E-state index contributed by atoms with van der Waals surface area (Å²) in [6.45, 7) is 10.2. The Hall–Kier alpha value is -5.29. The second-order valence-electron chi connectivity index (χ2n) is 14.5. The number of fused-ring (bicyclic) bond motifs is 6. The fourth-order valence-electron chi connectivity index (χ4n) is 8.04. The van der Waals surface area contributed by atoms with E-state index in [0.29, 0.717) is 0 Å². The number of benzene rings is 5. The zero-order valence-corrected chi connectivity index (χ0v) is 27.9. The lowest BCUT2D eigenvalue weighted by atomic mass is 9.67. The molecule has 1 unspecified atom stereocenters. The summed E-state index contributed by atoms with van der Waals surface area (Å²) in [6.07, 6.45) is 7.61. The second-order valence-corrected chi connectivity index (χ2v) is 14.5. The normalized spacial score (nSPS) is 17.1. The molecule has 0 fully saturated rings. The van der Waals surface area contributed by atoms with Crippen molar-refractivity contribution in [3.05, 3.63) is 144 Å². The number of rotatable bonds is 3. The number of imidazole rings is 1. The zero-order chi connectivity index (χ0) is 32.2. The van der Waals surface area contributed by atoms with E-state index >= 15 is 0 Å². The van der Waals surface area contributed by atoms with Crippen molar-refractivity contribution in [1.29, 1.82) is 0 Å². The lowest BCUT2D eigenvalue weighted by Gasteiger charge is -2.40. The van der Waals surface area contributed by atoms with Gasteiger partial charge in [-0.1, -0.05) is 87.5 Å². The molecule has 0 bridgehead atoms. The van der Waals surface area contributed by atoms with Crippen LogP contribution in [-0.4, -0.2) is 22.9 Å². The lowest BCUT2D eigenvalue weighted by molar-refractivity contribution is -0.674. The van der Waals surface area contributed by atoms with E-state index in [2.05, 4.69) is 176 Å². The maximum Gasteiger partial charge on any atom is 0.243 e. The van der Waals surface area contributed by atoms with Crippen LogP contribution in [0.5, 0.6) is 0 Å². The van der Waals surface area contributed by atoms with Gasteiger partial charge in [0.1, 0.15) is 0 Å². The van der Waals surface area contributed by atoms with E-state index in [4.69, 9.17) is 0 Å². The van der Waals surface area contributed by atoms with Crippen LogP contribution in [0.4, 0.5) is 17.1 Å². The molecule has 0 N–H and O–H groups in total. The van der Waals surface area contributed by atoms with Gasteiger partial charge < -0.3 is 23.5 Å². The molecule has 1 atom stereocenters. The topological polar surface area (TPSA) is 20.2 Å². The fraction of sp³-hybridized carbons (Fsp3) is 0.214. The van der Waals surface area contributed by atoms with Gasteiger partial charge in [-0.05, 0) is 71.0 Å². The van der Waals surface area contributed by atoms with Crippen molar-refractivity contribution in [3.8, 4) is 11.4 Å². The number of aryl methyl sites for hydroxylation is 1. The molecule has 0 aliphatic carbocycles. The molecule has 0 saturated carbocycles. The molecule has 0 saturated heterocycles. The summed E-state index contributed by atoms with van der Waals surface area (Å²) in [5.41, 5.74) is 13.4. The summed E-state index contributed by atoms with van der Waals surface area (Å²) in [5.74, 6) is 0. The molecular weight excluding hydrogens is 574 g/mol. The number of nitrogens with zero attached hydrogens (tertiary/aromatic N) is 5. The summed E-state index contributed by atoms with van der Waals surface area (Å²) < 4.78 is 6.62. The average Bonchev–Trinajstić information content (AvgIpc) is 3.77. The van der Waals surface area contributed by atoms with Gasteiger partial charge >= 0.3 is 0 Å². The van der Waals surface area contributed by atoms with Crippen LogP contribution in [0.1, 0.15) is 49.9 Å². The third-order valence-electron chi connectivity index (χ3n) is 10.6. The molecule has 5 aromatic carbocycles. The average molecular weight is 614 g/mol. The summed E-state index contributed by atoms with van der Waals surface area (Å²) >= 11 is 0. The lowest BCUT2D eigenvalue weighted by Crippen LogP contribution is -2.32. The van der Waals surface area contributed by atoms with E-state index in [9.17, 15) is 0 Å². The minimum absolute atomic E-state index is 0.0411. The second kappa shape index (κ2) is 9.62. The van der Waals surface area contributed by atoms with Crippen molar-refractivity contribution in [2.24, 2.45) is 7.05 Å². The molecule has 5 nitrogen and oxygen atoms in total. The highest BCUT2D eigenvalue weighted by Gasteiger charge is 2.41. The van der Waals surface area contributed by atoms with Crippen molar-refractivity contribution in [2.75, 3.05) is 23.5 Å². The Labute approximate surface area is 276 Å². The van der Waals surface area contributed by atoms with Crippen molar-refractivity contribution < 1.29 is 4.57 Å². The number of anilines is 3. The summed E-state index contributed by atoms with van der Waals surface area (Å²) in [5, 5.41) is 2.59. The summed E-state index contributed by atoms with van der Waals surface area (Å²) in [6, 6.07) is 38.8. The monoisotopic (exact) mass is 613 g/mol. The minimum atomic E-state index is -0.439. The van der Waals surface area contributed by atoms with Gasteiger partial charge in [0.05, 0.1) is 47.5 Å². The molecule has 0 spiro atoms. The zero-order valence-electron chi connectivity index (χ0n) is 27.9. The van der Waals surface area contributed by atoms with Gasteiger partial charge in [-0.25, -0.2) is 0 Å². The maximum absolute atomic E-state index is 3.46. The molecule has 7 aromatic rings. The number of hydrogen-bond donors (Lipinski definition) is 0. The Balaban J connectivity index is 1.38. The Kier molecular flexibility index (Phi) is 5.72. The van der Waals surface area contributed by atoms with Crippen LogP contribution in [-0.2, 0) is 17.9 Å². The van der Waals surface area contributed by atoms with E-state index in [1.165, 1.54) is 66.8 Å². The Bertz CT molecular complexity index is 2380. The summed E-state index contributed by atoms with van der Waals surface area (Å²) in [7, 11) is 4.21. The van der Waals surface area contributed by atoms with Gasteiger partial charge in [-0.3, -0.25) is 0 Å². The van der Waals surface area contributed by atoms with Crippen LogP contribution >= 0.6 is 0 Å². The van der Waals surface area contributed by atoms with Crippen molar-refractivity contribution in [2.45, 2.75) is 38.5 Å². The van der Waals surface area contributed by atoms with Gasteiger partial charge in [-0.2, -0.15) is 0 Å². The van der Waals surface area contributed by atoms with E-state index in [1.807, 2.05) is 11.6 Å². The third kappa shape index (κ3) is 3.92. The smallest absolute Gasteiger partial charge is 0.243 e. The van der Waals surface area contributed by atoms with E-state index in [1.54, 1.807) is 0 Å². The number of hydrogen-bond acceptors (Lipinski definition) is 2. The quantitative estimate of drug-likeness (QED) is 0.147. The van der Waals surface area contributed by atoms with Crippen LogP contribution < -0.4 is 14.4 Å². The van der Waals surface area contributed by atoms with Gasteiger partial charge in [0.25, 0.3) is 0 Å². The SMILES string of the molecule is CN1CN(c2ccc3c(c2)C(C)(c2cc(-n4[c-][n+](C)cc4)cc(C(C)(C)C)c2)c2cccc4c5ccccc5n-3c24)c2ccccc21. The molecule has 47 heavy (non-hydrogen) atoms. The van der Waals surface area contributed by atoms with Gasteiger partial charge in [0.2, 0.25) is 6.33 Å². The third-order valence-corrected chi connectivity index (χ3v) is 10.6. The van der Waals surface area contributed by atoms with E-state index < -0.39 is 5.41 Å². The van der Waals surface area contributed by atoms with Gasteiger partial charge in [0, 0.05) is 41.3 Å². The van der Waals surface area contributed by atoms with Crippen molar-refractivity contribution in [3.63, 3.8) is 0 Å². The van der Waals surface area contributed by atoms with Crippen LogP contribution in [0.2, 0.25) is 0 Å². The molecule has 4 heterocycles. The first kappa shape index (κ1) is 28.0. The first-order chi connectivity index (χ1) is 22.6. The van der Waals surface area contributed by atoms with Crippen LogP contribution in [0.25, 0.3) is 33.2 Å². The van der Waals surface area contributed by atoms with Crippen LogP contribution in [0, 0.1) is 6.33 Å². The van der Waals surface area contributed by atoms with Gasteiger partial charge in [0.15, 0.2) is 0 Å². The molecule has 2 aliphatic heterocycles. The molecular formula is C42H39N5. The molecule has 5 heteroatoms. The van der Waals surface area contributed by atoms with Gasteiger partial charge in [-0.15, -0.1) is 0 Å². The fourth-order valence-corrected chi connectivity index (χ4v) is 8.04. The molecule has 232 valence electrons. The largest absolute Gasteiger partial charge is 0.355 e. The predicted octanol–water partition coefficient (Wildman–Crippen LogP) is 8.71. The first-order valence-electron chi connectivity index (χ1n) is 16.5. The van der Waals surface area contributed by atoms with Crippen LogP contribution in [0.15, 0.2) is 116 Å².